The molecule has 0 radical (unpaired) electrons. The molecule has 0 heteroatoms. The molecule has 0 saturated heterocycles. The summed E-state index contributed by atoms with van der Waals surface area (Å²) in [6, 6.07) is 10.3. The molecule has 17 heavy (non-hydrogen) atoms. The first-order valence-corrected chi connectivity index (χ1v) is 6.02. The lowest BCUT2D eigenvalue weighted by molar-refractivity contribution is 1.50. The highest BCUT2D eigenvalue weighted by Gasteiger charge is 1.82. The van der Waals surface area contributed by atoms with Crippen molar-refractivity contribution in [3.05, 3.63) is 78.4 Å². The molecular formula is C17H22. The maximum absolute atomic E-state index is 3.62. The van der Waals surface area contributed by atoms with Crippen LogP contribution in [-0.2, 0) is 0 Å². The van der Waals surface area contributed by atoms with Crippen molar-refractivity contribution in [2.45, 2.75) is 20.8 Å². The van der Waals surface area contributed by atoms with E-state index in [4.69, 9.17) is 0 Å². The van der Waals surface area contributed by atoms with Crippen LogP contribution < -0.4 is 0 Å². The minimum Gasteiger partial charge on any atom is -0.0991 e. The van der Waals surface area contributed by atoms with Gasteiger partial charge in [-0.15, -0.1) is 0 Å². The Labute approximate surface area is 106 Å². The van der Waals surface area contributed by atoms with Gasteiger partial charge in [-0.3, -0.25) is 0 Å². The van der Waals surface area contributed by atoms with E-state index < -0.39 is 0 Å². The van der Waals surface area contributed by atoms with Gasteiger partial charge in [-0.1, -0.05) is 92.8 Å². The zero-order chi connectivity index (χ0) is 12.9. The van der Waals surface area contributed by atoms with Crippen molar-refractivity contribution in [1.29, 1.82) is 0 Å². The number of hydrogen-bond acceptors (Lipinski definition) is 0. The summed E-state index contributed by atoms with van der Waals surface area (Å²) in [6.45, 7) is 9.69. The average molecular weight is 226 g/mol. The Balaban J connectivity index is 0.00000121. The monoisotopic (exact) mass is 226 g/mol. The van der Waals surface area contributed by atoms with Gasteiger partial charge in [0.05, 0.1) is 0 Å². The lowest BCUT2D eigenvalue weighted by Crippen LogP contribution is -1.70. The Kier molecular flexibility index (Phi) is 9.55. The van der Waals surface area contributed by atoms with Gasteiger partial charge < -0.3 is 0 Å². The molecule has 0 bridgehead atoms. The van der Waals surface area contributed by atoms with E-state index in [1.807, 2.05) is 44.2 Å². The molecule has 1 aromatic carbocycles. The lowest BCUT2D eigenvalue weighted by Gasteiger charge is -1.91. The fourth-order valence-corrected chi connectivity index (χ4v) is 1.13. The van der Waals surface area contributed by atoms with Crippen molar-refractivity contribution < 1.29 is 0 Å². The second-order valence-corrected chi connectivity index (χ2v) is 3.28. The standard InChI is InChI=1S/C15H16.C2H6/c1-3-4-6-9-14(2)12-13-15-10-7-5-8-11-15;1-2/h3-13H,1H2,2H3;1-2H3/b6-4-,13-12+,14-9+;. The predicted molar refractivity (Wildman–Crippen MR) is 79.9 cm³/mol. The maximum atomic E-state index is 3.62. The van der Waals surface area contributed by atoms with E-state index in [9.17, 15) is 0 Å². The molecule has 0 N–H and O–H groups in total. The van der Waals surface area contributed by atoms with Crippen LogP contribution in [0.3, 0.4) is 0 Å². The minimum absolute atomic E-state index is 1.22. The van der Waals surface area contributed by atoms with Gasteiger partial charge >= 0.3 is 0 Å². The Hall–Kier alpha value is -1.82. The molecule has 0 fully saturated rings. The topological polar surface area (TPSA) is 0 Å². The summed E-state index contributed by atoms with van der Waals surface area (Å²) in [5.41, 5.74) is 2.44. The molecule has 90 valence electrons. The summed E-state index contributed by atoms with van der Waals surface area (Å²) >= 11 is 0. The van der Waals surface area contributed by atoms with Gasteiger partial charge in [0, 0.05) is 0 Å². The van der Waals surface area contributed by atoms with Gasteiger partial charge in [-0.25, -0.2) is 0 Å². The molecule has 0 aromatic heterocycles. The van der Waals surface area contributed by atoms with E-state index in [2.05, 4.69) is 43.9 Å². The largest absolute Gasteiger partial charge is 0.0991 e. The molecule has 0 heterocycles. The maximum Gasteiger partial charge on any atom is -0.0257 e. The van der Waals surface area contributed by atoms with Crippen molar-refractivity contribution in [2.24, 2.45) is 0 Å². The third kappa shape index (κ3) is 8.04. The SMILES string of the molecule is C=C\C=C/C=C(C)/C=C/c1ccccc1.CC. The molecular weight excluding hydrogens is 204 g/mol. The molecule has 0 aliphatic heterocycles. The smallest absolute Gasteiger partial charge is 0.0257 e. The van der Waals surface area contributed by atoms with Gasteiger partial charge in [0.25, 0.3) is 0 Å². The molecule has 0 amide bonds. The van der Waals surface area contributed by atoms with Crippen LogP contribution in [0, 0.1) is 0 Å². The fraction of sp³-hybridized carbons (Fsp3) is 0.176. The summed E-state index contributed by atoms with van der Waals surface area (Å²) in [6.07, 6.45) is 11.9. The summed E-state index contributed by atoms with van der Waals surface area (Å²) in [5.74, 6) is 0. The number of allylic oxidation sites excluding steroid dienone is 6. The van der Waals surface area contributed by atoms with Crippen LogP contribution in [0.1, 0.15) is 26.3 Å². The zero-order valence-corrected chi connectivity index (χ0v) is 11.1. The summed E-state index contributed by atoms with van der Waals surface area (Å²) in [5, 5.41) is 0. The normalized spacial score (nSPS) is 11.4. The highest BCUT2D eigenvalue weighted by molar-refractivity contribution is 5.52. The molecule has 0 aliphatic rings. The van der Waals surface area contributed by atoms with Crippen molar-refractivity contribution >= 4 is 6.08 Å². The van der Waals surface area contributed by atoms with Crippen LogP contribution >= 0.6 is 0 Å². The Morgan fingerprint density at radius 3 is 2.29 bits per heavy atom. The molecule has 0 unspecified atom stereocenters. The number of hydrogen-bond donors (Lipinski definition) is 0. The molecule has 0 aliphatic carbocycles. The van der Waals surface area contributed by atoms with E-state index in [-0.39, 0.29) is 0 Å². The van der Waals surface area contributed by atoms with Crippen LogP contribution in [0.2, 0.25) is 0 Å². The van der Waals surface area contributed by atoms with Crippen molar-refractivity contribution in [3.8, 4) is 0 Å². The zero-order valence-electron chi connectivity index (χ0n) is 11.1. The van der Waals surface area contributed by atoms with Crippen molar-refractivity contribution in [2.75, 3.05) is 0 Å². The van der Waals surface area contributed by atoms with E-state index >= 15 is 0 Å². The third-order valence-corrected chi connectivity index (χ3v) is 1.94. The molecule has 1 aromatic rings. The Bertz CT molecular complexity index is 378. The number of benzene rings is 1. The van der Waals surface area contributed by atoms with E-state index in [1.54, 1.807) is 6.08 Å². The summed E-state index contributed by atoms with van der Waals surface area (Å²) in [4.78, 5) is 0. The summed E-state index contributed by atoms with van der Waals surface area (Å²) < 4.78 is 0. The van der Waals surface area contributed by atoms with Crippen molar-refractivity contribution in [3.63, 3.8) is 0 Å². The van der Waals surface area contributed by atoms with Crippen LogP contribution in [0.5, 0.6) is 0 Å². The van der Waals surface area contributed by atoms with Gasteiger partial charge in [-0.05, 0) is 12.5 Å². The Morgan fingerprint density at radius 1 is 1.06 bits per heavy atom. The molecule has 0 nitrogen and oxygen atoms in total. The molecule has 0 saturated carbocycles. The first-order chi connectivity index (χ1) is 8.33. The van der Waals surface area contributed by atoms with Gasteiger partial charge in [0.15, 0.2) is 0 Å². The highest BCUT2D eigenvalue weighted by atomic mass is 13.9. The second kappa shape index (κ2) is 10.7. The van der Waals surface area contributed by atoms with E-state index in [0.717, 1.165) is 0 Å². The summed E-state index contributed by atoms with van der Waals surface area (Å²) in [7, 11) is 0. The van der Waals surface area contributed by atoms with Crippen LogP contribution in [0.4, 0.5) is 0 Å². The molecule has 0 spiro atoms. The average Bonchev–Trinajstić information content (AvgIpc) is 2.40. The Morgan fingerprint density at radius 2 is 1.71 bits per heavy atom. The van der Waals surface area contributed by atoms with Crippen LogP contribution in [0.25, 0.3) is 6.08 Å². The fourth-order valence-electron chi connectivity index (χ4n) is 1.13. The van der Waals surface area contributed by atoms with E-state index in [1.165, 1.54) is 11.1 Å². The highest BCUT2D eigenvalue weighted by Crippen LogP contribution is 2.04. The van der Waals surface area contributed by atoms with Gasteiger partial charge in [0.2, 0.25) is 0 Å². The van der Waals surface area contributed by atoms with Gasteiger partial charge in [-0.2, -0.15) is 0 Å². The van der Waals surface area contributed by atoms with Gasteiger partial charge in [0.1, 0.15) is 0 Å². The van der Waals surface area contributed by atoms with E-state index in [0.29, 0.717) is 0 Å². The predicted octanol–water partition coefficient (Wildman–Crippen LogP) is 5.41. The second-order valence-electron chi connectivity index (χ2n) is 3.28. The van der Waals surface area contributed by atoms with Crippen molar-refractivity contribution in [1.82, 2.24) is 0 Å². The van der Waals surface area contributed by atoms with Crippen LogP contribution in [-0.4, -0.2) is 0 Å². The molecule has 1 rings (SSSR count). The molecule has 0 atom stereocenters. The van der Waals surface area contributed by atoms with Crippen LogP contribution in [0.15, 0.2) is 72.9 Å². The quantitative estimate of drug-likeness (QED) is 0.602. The lowest BCUT2D eigenvalue weighted by atomic mass is 10.1. The third-order valence-electron chi connectivity index (χ3n) is 1.94. The first-order valence-electron chi connectivity index (χ1n) is 6.02. The minimum atomic E-state index is 1.22. The number of rotatable bonds is 4. The first kappa shape index (κ1) is 15.2.